The molecule has 1 N–H and O–H groups in total. The van der Waals surface area contributed by atoms with E-state index in [2.05, 4.69) is 37.5 Å². The Hall–Kier alpha value is -3.13. The van der Waals surface area contributed by atoms with Gasteiger partial charge in [-0.15, -0.1) is 6.58 Å². The molecular formula is C28H37N3O4. The lowest BCUT2D eigenvalue weighted by Gasteiger charge is -2.30. The third-order valence-electron chi connectivity index (χ3n) is 5.98. The van der Waals surface area contributed by atoms with Crippen LogP contribution in [0.4, 0.5) is 0 Å². The number of rotatable bonds is 14. The third-order valence-corrected chi connectivity index (χ3v) is 5.98. The quantitative estimate of drug-likeness (QED) is 0.258. The summed E-state index contributed by atoms with van der Waals surface area (Å²) in [4.78, 5) is 2.26. The molecule has 0 unspecified atom stereocenters. The summed E-state index contributed by atoms with van der Waals surface area (Å²) >= 11 is 0. The fourth-order valence-electron chi connectivity index (χ4n) is 3.88. The zero-order valence-corrected chi connectivity index (χ0v) is 21.2. The van der Waals surface area contributed by atoms with Crippen LogP contribution < -0.4 is 9.47 Å². The van der Waals surface area contributed by atoms with Crippen LogP contribution in [0.15, 0.2) is 67.3 Å². The van der Waals surface area contributed by atoms with Crippen molar-refractivity contribution in [2.45, 2.75) is 39.0 Å². The number of hydrogen-bond acceptors (Lipinski definition) is 6. The standard InChI is InChI=1S/C28H37N3O4/c1-6-17-34-20-23(32)18-31(21(3)7-2)19-26-27(22-11-9-8-10-12-22)29-30(4)28(26)35-25-15-13-24(33-5)14-16-25/h6,8-16,21,23,32H,1,7,17-20H2,2-5H3/t21-,23-/m1/s1. The second kappa shape index (κ2) is 13.1. The minimum Gasteiger partial charge on any atom is -0.497 e. The maximum Gasteiger partial charge on any atom is 0.222 e. The molecule has 0 bridgehead atoms. The summed E-state index contributed by atoms with van der Waals surface area (Å²) in [5.41, 5.74) is 2.85. The predicted octanol–water partition coefficient (Wildman–Crippen LogP) is 5.05. The molecule has 2 atom stereocenters. The fraction of sp³-hybridized carbons (Fsp3) is 0.393. The normalized spacial score (nSPS) is 13.0. The number of nitrogens with zero attached hydrogens (tertiary/aromatic N) is 3. The zero-order chi connectivity index (χ0) is 25.2. The van der Waals surface area contributed by atoms with Crippen molar-refractivity contribution in [3.8, 4) is 28.6 Å². The van der Waals surface area contributed by atoms with Crippen molar-refractivity contribution in [2.24, 2.45) is 7.05 Å². The van der Waals surface area contributed by atoms with Crippen LogP contribution in [0.25, 0.3) is 11.3 Å². The summed E-state index contributed by atoms with van der Waals surface area (Å²) in [6, 6.07) is 17.8. The van der Waals surface area contributed by atoms with E-state index in [0.29, 0.717) is 31.3 Å². The van der Waals surface area contributed by atoms with Crippen LogP contribution >= 0.6 is 0 Å². The molecule has 3 aromatic rings. The van der Waals surface area contributed by atoms with Crippen molar-refractivity contribution >= 4 is 0 Å². The Morgan fingerprint density at radius 2 is 1.80 bits per heavy atom. The molecule has 0 aliphatic heterocycles. The van der Waals surface area contributed by atoms with Gasteiger partial charge < -0.3 is 19.3 Å². The lowest BCUT2D eigenvalue weighted by molar-refractivity contribution is 0.0156. The highest BCUT2D eigenvalue weighted by atomic mass is 16.5. The van der Waals surface area contributed by atoms with Gasteiger partial charge in [-0.2, -0.15) is 5.10 Å². The van der Waals surface area contributed by atoms with Crippen LogP contribution in [0.1, 0.15) is 25.8 Å². The van der Waals surface area contributed by atoms with Gasteiger partial charge in [-0.25, -0.2) is 4.68 Å². The molecule has 3 rings (SSSR count). The molecule has 35 heavy (non-hydrogen) atoms. The Kier molecular flexibility index (Phi) is 9.90. The van der Waals surface area contributed by atoms with E-state index in [1.54, 1.807) is 17.9 Å². The summed E-state index contributed by atoms with van der Waals surface area (Å²) in [6.07, 6.45) is 2.01. The molecule has 7 nitrogen and oxygen atoms in total. The van der Waals surface area contributed by atoms with Crippen molar-refractivity contribution in [3.63, 3.8) is 0 Å². The highest BCUT2D eigenvalue weighted by Gasteiger charge is 2.25. The van der Waals surface area contributed by atoms with Crippen LogP contribution in [0.5, 0.6) is 17.4 Å². The van der Waals surface area contributed by atoms with E-state index >= 15 is 0 Å². The second-order valence-corrected chi connectivity index (χ2v) is 8.57. The molecule has 7 heteroatoms. The Morgan fingerprint density at radius 1 is 1.11 bits per heavy atom. The number of hydrogen-bond donors (Lipinski definition) is 1. The van der Waals surface area contributed by atoms with Crippen LogP contribution in [0.3, 0.4) is 0 Å². The van der Waals surface area contributed by atoms with Gasteiger partial charge in [0, 0.05) is 31.7 Å². The average molecular weight is 480 g/mol. The Bertz CT molecular complexity index is 1050. The van der Waals surface area contributed by atoms with Gasteiger partial charge in [-0.05, 0) is 37.6 Å². The molecule has 0 amide bonds. The van der Waals surface area contributed by atoms with E-state index in [-0.39, 0.29) is 12.6 Å². The maximum absolute atomic E-state index is 10.6. The molecule has 0 spiro atoms. The number of aryl methyl sites for hydroxylation is 1. The SMILES string of the molecule is C=CCOC[C@H](O)CN(Cc1c(-c2ccccc2)nn(C)c1Oc1ccc(OC)cc1)[C@H](C)CC. The number of aromatic nitrogens is 2. The Labute approximate surface area is 208 Å². The third kappa shape index (κ3) is 7.18. The molecule has 2 aromatic carbocycles. The first-order chi connectivity index (χ1) is 17.0. The van der Waals surface area contributed by atoms with Gasteiger partial charge in [0.2, 0.25) is 5.88 Å². The molecule has 0 radical (unpaired) electrons. The molecule has 0 saturated carbocycles. The average Bonchev–Trinajstić information content (AvgIpc) is 3.18. The van der Waals surface area contributed by atoms with Crippen LogP contribution in [-0.2, 0) is 18.3 Å². The number of methoxy groups -OCH3 is 1. The van der Waals surface area contributed by atoms with E-state index in [1.165, 1.54) is 0 Å². The van der Waals surface area contributed by atoms with E-state index in [4.69, 9.17) is 19.3 Å². The van der Waals surface area contributed by atoms with E-state index in [0.717, 1.165) is 29.0 Å². The number of ether oxygens (including phenoxy) is 3. The van der Waals surface area contributed by atoms with Crippen molar-refractivity contribution < 1.29 is 19.3 Å². The molecule has 0 fully saturated rings. The second-order valence-electron chi connectivity index (χ2n) is 8.57. The first kappa shape index (κ1) is 26.5. The number of benzene rings is 2. The van der Waals surface area contributed by atoms with Gasteiger partial charge in [-0.3, -0.25) is 4.90 Å². The molecule has 0 aliphatic carbocycles. The summed E-state index contributed by atoms with van der Waals surface area (Å²) in [6.45, 7) is 9.69. The molecule has 0 aliphatic rings. The number of aliphatic hydroxyl groups excluding tert-OH is 1. The fourth-order valence-corrected chi connectivity index (χ4v) is 3.88. The van der Waals surface area contributed by atoms with Crippen LogP contribution in [0.2, 0.25) is 0 Å². The summed E-state index contributed by atoms with van der Waals surface area (Å²) in [7, 11) is 3.53. The zero-order valence-electron chi connectivity index (χ0n) is 21.2. The van der Waals surface area contributed by atoms with Crippen molar-refractivity contribution in [1.29, 1.82) is 0 Å². The van der Waals surface area contributed by atoms with E-state index in [9.17, 15) is 5.11 Å². The minimum absolute atomic E-state index is 0.238. The van der Waals surface area contributed by atoms with Gasteiger partial charge in [-0.1, -0.05) is 43.3 Å². The van der Waals surface area contributed by atoms with Crippen molar-refractivity contribution in [1.82, 2.24) is 14.7 Å². The minimum atomic E-state index is -0.619. The summed E-state index contributed by atoms with van der Waals surface area (Å²) in [5.74, 6) is 2.13. The van der Waals surface area contributed by atoms with Gasteiger partial charge in [0.15, 0.2) is 0 Å². The molecule has 188 valence electrons. The summed E-state index contributed by atoms with van der Waals surface area (Å²) < 4.78 is 18.9. The molecule has 0 saturated heterocycles. The Balaban J connectivity index is 1.96. The topological polar surface area (TPSA) is 69.0 Å². The lowest BCUT2D eigenvalue weighted by Crippen LogP contribution is -2.40. The predicted molar refractivity (Wildman–Crippen MR) is 139 cm³/mol. The van der Waals surface area contributed by atoms with E-state index < -0.39 is 6.10 Å². The maximum atomic E-state index is 10.6. The Morgan fingerprint density at radius 3 is 2.43 bits per heavy atom. The highest BCUT2D eigenvalue weighted by molar-refractivity contribution is 5.65. The van der Waals surface area contributed by atoms with Gasteiger partial charge >= 0.3 is 0 Å². The first-order valence-corrected chi connectivity index (χ1v) is 12.0. The van der Waals surface area contributed by atoms with Crippen LogP contribution in [-0.4, -0.2) is 58.8 Å². The van der Waals surface area contributed by atoms with Gasteiger partial charge in [0.1, 0.15) is 17.2 Å². The monoisotopic (exact) mass is 479 g/mol. The van der Waals surface area contributed by atoms with Crippen LogP contribution in [0, 0.1) is 0 Å². The molecule has 1 heterocycles. The lowest BCUT2D eigenvalue weighted by atomic mass is 10.1. The smallest absolute Gasteiger partial charge is 0.222 e. The number of aliphatic hydroxyl groups is 1. The van der Waals surface area contributed by atoms with E-state index in [1.807, 2.05) is 49.5 Å². The van der Waals surface area contributed by atoms with Gasteiger partial charge in [0.05, 0.1) is 32.0 Å². The first-order valence-electron chi connectivity index (χ1n) is 12.0. The highest BCUT2D eigenvalue weighted by Crippen LogP contribution is 2.35. The summed E-state index contributed by atoms with van der Waals surface area (Å²) in [5, 5.41) is 15.5. The molecular weight excluding hydrogens is 442 g/mol. The molecule has 1 aromatic heterocycles. The van der Waals surface area contributed by atoms with Crippen molar-refractivity contribution in [3.05, 3.63) is 72.8 Å². The van der Waals surface area contributed by atoms with Gasteiger partial charge in [0.25, 0.3) is 0 Å². The largest absolute Gasteiger partial charge is 0.497 e. The van der Waals surface area contributed by atoms with Crippen molar-refractivity contribution in [2.75, 3.05) is 26.9 Å².